The van der Waals surface area contributed by atoms with Crippen molar-refractivity contribution in [1.82, 2.24) is 9.97 Å². The highest BCUT2D eigenvalue weighted by molar-refractivity contribution is 5.85. The van der Waals surface area contributed by atoms with Gasteiger partial charge in [-0.1, -0.05) is 0 Å². The van der Waals surface area contributed by atoms with Gasteiger partial charge < -0.3 is 9.73 Å². The lowest BCUT2D eigenvalue weighted by atomic mass is 10.3. The highest BCUT2D eigenvalue weighted by Gasteiger charge is 2.00. The van der Waals surface area contributed by atoms with E-state index in [1.807, 2.05) is 32.0 Å². The SMILES string of the molecule is Cc1cc(C)nc(NCc2ccco2)n1.Cl. The molecule has 0 aliphatic heterocycles. The molecule has 16 heavy (non-hydrogen) atoms. The van der Waals surface area contributed by atoms with Crippen molar-refractivity contribution in [2.24, 2.45) is 0 Å². The molecule has 0 aliphatic rings. The first-order valence-electron chi connectivity index (χ1n) is 4.82. The fourth-order valence-electron chi connectivity index (χ4n) is 1.38. The second kappa shape index (κ2) is 5.51. The monoisotopic (exact) mass is 239 g/mol. The smallest absolute Gasteiger partial charge is 0.223 e. The molecule has 0 atom stereocenters. The van der Waals surface area contributed by atoms with Gasteiger partial charge in [-0.15, -0.1) is 12.4 Å². The molecule has 0 aliphatic carbocycles. The van der Waals surface area contributed by atoms with Crippen LogP contribution < -0.4 is 5.32 Å². The van der Waals surface area contributed by atoms with Gasteiger partial charge in [0.25, 0.3) is 0 Å². The zero-order valence-electron chi connectivity index (χ0n) is 9.23. The van der Waals surface area contributed by atoms with E-state index in [0.29, 0.717) is 12.5 Å². The summed E-state index contributed by atoms with van der Waals surface area (Å²) in [6, 6.07) is 5.72. The Balaban J connectivity index is 0.00000128. The van der Waals surface area contributed by atoms with E-state index in [0.717, 1.165) is 17.1 Å². The highest BCUT2D eigenvalue weighted by atomic mass is 35.5. The highest BCUT2D eigenvalue weighted by Crippen LogP contribution is 2.06. The number of furan rings is 1. The molecule has 4 nitrogen and oxygen atoms in total. The average molecular weight is 240 g/mol. The molecule has 2 aromatic heterocycles. The van der Waals surface area contributed by atoms with E-state index < -0.39 is 0 Å². The predicted molar refractivity (Wildman–Crippen MR) is 64.8 cm³/mol. The molecular weight excluding hydrogens is 226 g/mol. The van der Waals surface area contributed by atoms with Gasteiger partial charge in [0, 0.05) is 11.4 Å². The quantitative estimate of drug-likeness (QED) is 0.895. The summed E-state index contributed by atoms with van der Waals surface area (Å²) < 4.78 is 5.20. The summed E-state index contributed by atoms with van der Waals surface area (Å²) in [4.78, 5) is 8.54. The molecule has 86 valence electrons. The Labute approximate surface area is 101 Å². The van der Waals surface area contributed by atoms with Gasteiger partial charge >= 0.3 is 0 Å². The van der Waals surface area contributed by atoms with Crippen molar-refractivity contribution in [3.63, 3.8) is 0 Å². The summed E-state index contributed by atoms with van der Waals surface area (Å²) in [7, 11) is 0. The second-order valence-corrected chi connectivity index (χ2v) is 3.41. The number of hydrogen-bond donors (Lipinski definition) is 1. The molecule has 0 fully saturated rings. The van der Waals surface area contributed by atoms with E-state index in [9.17, 15) is 0 Å². The van der Waals surface area contributed by atoms with Crippen molar-refractivity contribution in [3.05, 3.63) is 41.6 Å². The van der Waals surface area contributed by atoms with Gasteiger partial charge in [-0.3, -0.25) is 0 Å². The zero-order valence-corrected chi connectivity index (χ0v) is 10.0. The van der Waals surface area contributed by atoms with Crippen LogP contribution in [0.5, 0.6) is 0 Å². The lowest BCUT2D eigenvalue weighted by molar-refractivity contribution is 0.517. The Hall–Kier alpha value is -1.55. The van der Waals surface area contributed by atoms with E-state index in [4.69, 9.17) is 4.42 Å². The summed E-state index contributed by atoms with van der Waals surface area (Å²) in [6.45, 7) is 4.51. The fourth-order valence-corrected chi connectivity index (χ4v) is 1.38. The number of anilines is 1. The molecule has 2 heterocycles. The van der Waals surface area contributed by atoms with Crippen molar-refractivity contribution in [1.29, 1.82) is 0 Å². The third-order valence-electron chi connectivity index (χ3n) is 1.98. The molecule has 2 aromatic rings. The summed E-state index contributed by atoms with van der Waals surface area (Å²) in [5, 5.41) is 3.11. The van der Waals surface area contributed by atoms with Crippen LogP contribution in [0.1, 0.15) is 17.1 Å². The van der Waals surface area contributed by atoms with E-state index in [-0.39, 0.29) is 12.4 Å². The molecule has 0 amide bonds. The van der Waals surface area contributed by atoms with E-state index in [1.54, 1.807) is 6.26 Å². The van der Waals surface area contributed by atoms with Gasteiger partial charge in [-0.2, -0.15) is 0 Å². The Morgan fingerprint density at radius 3 is 2.50 bits per heavy atom. The normalized spacial score (nSPS) is 9.62. The van der Waals surface area contributed by atoms with Gasteiger partial charge in [-0.25, -0.2) is 9.97 Å². The van der Waals surface area contributed by atoms with Crippen LogP contribution in [0, 0.1) is 13.8 Å². The van der Waals surface area contributed by atoms with Gasteiger partial charge in [0.15, 0.2) is 0 Å². The van der Waals surface area contributed by atoms with Crippen LogP contribution in [0.15, 0.2) is 28.9 Å². The summed E-state index contributed by atoms with van der Waals surface area (Å²) in [5.41, 5.74) is 1.92. The van der Waals surface area contributed by atoms with Crippen LogP contribution in [0.4, 0.5) is 5.95 Å². The Morgan fingerprint density at radius 2 is 1.94 bits per heavy atom. The standard InChI is InChI=1S/C11H13N3O.ClH/c1-8-6-9(2)14-11(13-8)12-7-10-4-3-5-15-10;/h3-6H,7H2,1-2H3,(H,12,13,14);1H. The molecule has 0 unspecified atom stereocenters. The molecule has 5 heteroatoms. The largest absolute Gasteiger partial charge is 0.467 e. The number of rotatable bonds is 3. The maximum absolute atomic E-state index is 5.20. The number of aryl methyl sites for hydroxylation is 2. The topological polar surface area (TPSA) is 51.0 Å². The molecule has 0 aromatic carbocycles. The third kappa shape index (κ3) is 3.24. The first-order valence-corrected chi connectivity index (χ1v) is 4.82. The maximum atomic E-state index is 5.20. The number of aromatic nitrogens is 2. The minimum Gasteiger partial charge on any atom is -0.467 e. The minimum absolute atomic E-state index is 0. The molecule has 1 N–H and O–H groups in total. The number of hydrogen-bond acceptors (Lipinski definition) is 4. The van der Waals surface area contributed by atoms with Crippen molar-refractivity contribution >= 4 is 18.4 Å². The lowest BCUT2D eigenvalue weighted by Crippen LogP contribution is -2.04. The first kappa shape index (κ1) is 12.5. The molecule has 0 spiro atoms. The molecular formula is C11H14ClN3O. The van der Waals surface area contributed by atoms with Gasteiger partial charge in [0.1, 0.15) is 5.76 Å². The first-order chi connectivity index (χ1) is 7.24. The Kier molecular flexibility index (Phi) is 4.31. The number of nitrogens with one attached hydrogen (secondary N) is 1. The molecule has 2 rings (SSSR count). The third-order valence-corrected chi connectivity index (χ3v) is 1.98. The summed E-state index contributed by atoms with van der Waals surface area (Å²) in [5.74, 6) is 1.52. The van der Waals surface area contributed by atoms with E-state index in [1.165, 1.54) is 0 Å². The van der Waals surface area contributed by atoms with Crippen LogP contribution in [0.3, 0.4) is 0 Å². The number of nitrogens with zero attached hydrogens (tertiary/aromatic N) is 2. The van der Waals surface area contributed by atoms with Gasteiger partial charge in [0.05, 0.1) is 12.8 Å². The Bertz CT molecular complexity index is 422. The summed E-state index contributed by atoms with van der Waals surface area (Å²) in [6.07, 6.45) is 1.65. The van der Waals surface area contributed by atoms with Crippen LogP contribution in [-0.2, 0) is 6.54 Å². The van der Waals surface area contributed by atoms with Crippen molar-refractivity contribution in [3.8, 4) is 0 Å². The van der Waals surface area contributed by atoms with Gasteiger partial charge in [-0.05, 0) is 32.0 Å². The van der Waals surface area contributed by atoms with Crippen molar-refractivity contribution in [2.75, 3.05) is 5.32 Å². The predicted octanol–water partition coefficient (Wildman–Crippen LogP) is 2.72. The van der Waals surface area contributed by atoms with Crippen LogP contribution in [0.2, 0.25) is 0 Å². The lowest BCUT2D eigenvalue weighted by Gasteiger charge is -2.04. The maximum Gasteiger partial charge on any atom is 0.223 e. The van der Waals surface area contributed by atoms with Crippen LogP contribution in [-0.4, -0.2) is 9.97 Å². The average Bonchev–Trinajstić information content (AvgIpc) is 2.65. The second-order valence-electron chi connectivity index (χ2n) is 3.41. The molecule has 0 radical (unpaired) electrons. The number of halogens is 1. The molecule has 0 bridgehead atoms. The minimum atomic E-state index is 0. The zero-order chi connectivity index (χ0) is 10.7. The van der Waals surface area contributed by atoms with Crippen LogP contribution >= 0.6 is 12.4 Å². The van der Waals surface area contributed by atoms with Crippen LogP contribution in [0.25, 0.3) is 0 Å². The Morgan fingerprint density at radius 1 is 1.25 bits per heavy atom. The molecule has 0 saturated heterocycles. The van der Waals surface area contributed by atoms with E-state index >= 15 is 0 Å². The summed E-state index contributed by atoms with van der Waals surface area (Å²) >= 11 is 0. The molecule has 0 saturated carbocycles. The van der Waals surface area contributed by atoms with Crippen molar-refractivity contribution in [2.45, 2.75) is 20.4 Å². The van der Waals surface area contributed by atoms with E-state index in [2.05, 4.69) is 15.3 Å². The van der Waals surface area contributed by atoms with Gasteiger partial charge in [0.2, 0.25) is 5.95 Å². The van der Waals surface area contributed by atoms with Crippen molar-refractivity contribution < 1.29 is 4.42 Å². The fraction of sp³-hybridized carbons (Fsp3) is 0.273.